The summed E-state index contributed by atoms with van der Waals surface area (Å²) in [6.45, 7) is 1.08. The highest BCUT2D eigenvalue weighted by Crippen LogP contribution is 2.37. The summed E-state index contributed by atoms with van der Waals surface area (Å²) in [5.41, 5.74) is 1.07. The average molecular weight is 328 g/mol. The highest BCUT2D eigenvalue weighted by atomic mass is 79.9. The third-order valence-corrected chi connectivity index (χ3v) is 4.77. The molecule has 0 aliphatic heterocycles. The third-order valence-electron chi connectivity index (χ3n) is 4.08. The zero-order valence-corrected chi connectivity index (χ0v) is 13.0. The summed E-state index contributed by atoms with van der Waals surface area (Å²) in [7, 11) is 1.67. The highest BCUT2D eigenvalue weighted by molar-refractivity contribution is 9.10. The van der Waals surface area contributed by atoms with Gasteiger partial charge in [0.15, 0.2) is 0 Å². The van der Waals surface area contributed by atoms with Crippen LogP contribution in [0.3, 0.4) is 0 Å². The molecule has 3 nitrogen and oxygen atoms in total. The van der Waals surface area contributed by atoms with E-state index < -0.39 is 0 Å². The number of hydrogen-bond donors (Lipinski definition) is 2. The number of anilines is 1. The number of aliphatic hydroxyl groups is 1. The first kappa shape index (κ1) is 14.7. The van der Waals surface area contributed by atoms with Crippen LogP contribution in [0.15, 0.2) is 22.7 Å². The van der Waals surface area contributed by atoms with Gasteiger partial charge in [0.25, 0.3) is 0 Å². The molecular formula is C15H22BrNO2. The van der Waals surface area contributed by atoms with Gasteiger partial charge in [-0.3, -0.25) is 0 Å². The van der Waals surface area contributed by atoms with Crippen molar-refractivity contribution in [1.82, 2.24) is 0 Å². The maximum atomic E-state index is 9.71. The van der Waals surface area contributed by atoms with Gasteiger partial charge >= 0.3 is 0 Å². The summed E-state index contributed by atoms with van der Waals surface area (Å²) in [6.07, 6.45) is 5.96. The van der Waals surface area contributed by atoms with Crippen molar-refractivity contribution in [2.75, 3.05) is 25.6 Å². The molecule has 0 unspecified atom stereocenters. The molecule has 2 N–H and O–H groups in total. The number of benzene rings is 1. The molecule has 1 fully saturated rings. The molecular weight excluding hydrogens is 306 g/mol. The molecule has 0 aromatic heterocycles. The van der Waals surface area contributed by atoms with Crippen molar-refractivity contribution in [3.63, 3.8) is 0 Å². The summed E-state index contributed by atoms with van der Waals surface area (Å²) in [5, 5.41) is 13.2. The second-order valence-electron chi connectivity index (χ2n) is 5.42. The number of methoxy groups -OCH3 is 1. The second kappa shape index (κ2) is 6.62. The van der Waals surface area contributed by atoms with Gasteiger partial charge in [0.2, 0.25) is 0 Å². The Morgan fingerprint density at radius 1 is 1.32 bits per heavy atom. The van der Waals surface area contributed by atoms with E-state index in [2.05, 4.69) is 21.2 Å². The van der Waals surface area contributed by atoms with Crippen molar-refractivity contribution in [2.45, 2.75) is 32.1 Å². The van der Waals surface area contributed by atoms with E-state index in [0.29, 0.717) is 0 Å². The molecule has 1 aromatic rings. The normalized spacial score (nSPS) is 18.1. The molecule has 1 aromatic carbocycles. The van der Waals surface area contributed by atoms with Gasteiger partial charge in [-0.1, -0.05) is 19.3 Å². The Bertz CT molecular complexity index is 417. The molecule has 1 aliphatic carbocycles. The van der Waals surface area contributed by atoms with Gasteiger partial charge in [-0.15, -0.1) is 0 Å². The number of nitrogens with one attached hydrogen (secondary N) is 1. The molecule has 0 saturated heterocycles. The Morgan fingerprint density at radius 2 is 2.05 bits per heavy atom. The van der Waals surface area contributed by atoms with E-state index in [1.807, 2.05) is 18.2 Å². The zero-order valence-electron chi connectivity index (χ0n) is 11.4. The van der Waals surface area contributed by atoms with Gasteiger partial charge in [-0.25, -0.2) is 0 Å². The summed E-state index contributed by atoms with van der Waals surface area (Å²) in [6, 6.07) is 5.89. The summed E-state index contributed by atoms with van der Waals surface area (Å²) >= 11 is 3.54. The van der Waals surface area contributed by atoms with Gasteiger partial charge in [-0.2, -0.15) is 0 Å². The largest absolute Gasteiger partial charge is 0.497 e. The molecule has 0 radical (unpaired) electrons. The van der Waals surface area contributed by atoms with Crippen molar-refractivity contribution in [3.05, 3.63) is 22.7 Å². The zero-order chi connectivity index (χ0) is 13.7. The molecule has 106 valence electrons. The molecule has 4 heteroatoms. The predicted octanol–water partition coefficient (Wildman–Crippen LogP) is 3.81. The first-order valence-electron chi connectivity index (χ1n) is 6.87. The fourth-order valence-electron chi connectivity index (χ4n) is 2.74. The minimum atomic E-state index is 0.0424. The maximum absolute atomic E-state index is 9.71. The van der Waals surface area contributed by atoms with Crippen molar-refractivity contribution >= 4 is 21.6 Å². The van der Waals surface area contributed by atoms with Crippen LogP contribution in [0.2, 0.25) is 0 Å². The van der Waals surface area contributed by atoms with Crippen LogP contribution >= 0.6 is 15.9 Å². The number of rotatable bonds is 5. The minimum Gasteiger partial charge on any atom is -0.497 e. The molecule has 1 aliphatic rings. The lowest BCUT2D eigenvalue weighted by Crippen LogP contribution is -2.35. The smallest absolute Gasteiger partial charge is 0.121 e. The van der Waals surface area contributed by atoms with E-state index in [1.165, 1.54) is 19.3 Å². The first-order chi connectivity index (χ1) is 9.19. The molecule has 0 spiro atoms. The molecule has 2 rings (SSSR count). The lowest BCUT2D eigenvalue weighted by Gasteiger charge is -2.36. The van der Waals surface area contributed by atoms with Crippen LogP contribution in [0.5, 0.6) is 5.75 Å². The Hall–Kier alpha value is -0.740. The van der Waals surface area contributed by atoms with Crippen LogP contribution in [0.25, 0.3) is 0 Å². The van der Waals surface area contributed by atoms with E-state index in [-0.39, 0.29) is 12.0 Å². The van der Waals surface area contributed by atoms with E-state index in [1.54, 1.807) is 7.11 Å². The molecule has 0 bridgehead atoms. The lowest BCUT2D eigenvalue weighted by atomic mass is 9.74. The van der Waals surface area contributed by atoms with Crippen LogP contribution in [0.1, 0.15) is 32.1 Å². The second-order valence-corrected chi connectivity index (χ2v) is 6.27. The highest BCUT2D eigenvalue weighted by Gasteiger charge is 2.31. The van der Waals surface area contributed by atoms with Gasteiger partial charge in [0, 0.05) is 22.5 Å². The van der Waals surface area contributed by atoms with Gasteiger partial charge in [0.1, 0.15) is 5.75 Å². The number of ether oxygens (including phenoxy) is 1. The van der Waals surface area contributed by atoms with Crippen LogP contribution in [-0.4, -0.2) is 25.4 Å². The third kappa shape index (κ3) is 3.63. The van der Waals surface area contributed by atoms with Gasteiger partial charge in [-0.05, 0) is 40.9 Å². The Balaban J connectivity index is 2.04. The van der Waals surface area contributed by atoms with E-state index in [9.17, 15) is 5.11 Å². The standard InChI is InChI=1S/C15H22BrNO2/c1-19-12-5-6-13(16)14(9-12)17-10-15(11-18)7-3-2-4-8-15/h5-6,9,17-18H,2-4,7-8,10-11H2,1H3. The van der Waals surface area contributed by atoms with Crippen LogP contribution in [-0.2, 0) is 0 Å². The topological polar surface area (TPSA) is 41.5 Å². The lowest BCUT2D eigenvalue weighted by molar-refractivity contribution is 0.0944. The van der Waals surface area contributed by atoms with Crippen molar-refractivity contribution in [3.8, 4) is 5.75 Å². The molecule has 0 heterocycles. The molecule has 0 atom stereocenters. The Kier molecular flexibility index (Phi) is 5.11. The fourth-order valence-corrected chi connectivity index (χ4v) is 3.13. The van der Waals surface area contributed by atoms with E-state index >= 15 is 0 Å². The minimum absolute atomic E-state index is 0.0424. The van der Waals surface area contributed by atoms with E-state index in [4.69, 9.17) is 4.74 Å². The molecule has 19 heavy (non-hydrogen) atoms. The summed E-state index contributed by atoms with van der Waals surface area (Å²) in [5.74, 6) is 0.840. The first-order valence-corrected chi connectivity index (χ1v) is 7.67. The van der Waals surface area contributed by atoms with Crippen LogP contribution in [0.4, 0.5) is 5.69 Å². The summed E-state index contributed by atoms with van der Waals surface area (Å²) in [4.78, 5) is 0. The van der Waals surface area contributed by atoms with Crippen molar-refractivity contribution in [1.29, 1.82) is 0 Å². The quantitative estimate of drug-likeness (QED) is 0.864. The van der Waals surface area contributed by atoms with Gasteiger partial charge in [0.05, 0.1) is 19.4 Å². The Labute approximate surface area is 123 Å². The number of aliphatic hydroxyl groups excluding tert-OH is 1. The fraction of sp³-hybridized carbons (Fsp3) is 0.600. The summed E-state index contributed by atoms with van der Waals surface area (Å²) < 4.78 is 6.27. The number of hydrogen-bond acceptors (Lipinski definition) is 3. The number of halogens is 1. The Morgan fingerprint density at radius 3 is 2.68 bits per heavy atom. The molecule has 1 saturated carbocycles. The van der Waals surface area contributed by atoms with Crippen LogP contribution in [0, 0.1) is 5.41 Å². The maximum Gasteiger partial charge on any atom is 0.121 e. The SMILES string of the molecule is COc1ccc(Br)c(NCC2(CO)CCCCC2)c1. The molecule has 0 amide bonds. The monoisotopic (exact) mass is 327 g/mol. The van der Waals surface area contributed by atoms with E-state index in [0.717, 1.165) is 35.3 Å². The van der Waals surface area contributed by atoms with Crippen molar-refractivity contribution in [2.24, 2.45) is 5.41 Å². The van der Waals surface area contributed by atoms with Crippen molar-refractivity contribution < 1.29 is 9.84 Å². The van der Waals surface area contributed by atoms with Crippen LogP contribution < -0.4 is 10.1 Å². The predicted molar refractivity (Wildman–Crippen MR) is 81.8 cm³/mol. The average Bonchev–Trinajstić information content (AvgIpc) is 2.47. The van der Waals surface area contributed by atoms with Gasteiger partial charge < -0.3 is 15.2 Å².